The maximum absolute atomic E-state index is 11.7. The first-order chi connectivity index (χ1) is 7.24. The number of hydrogen-bond donors (Lipinski definition) is 0. The maximum atomic E-state index is 11.7. The Labute approximate surface area is 87.8 Å². The van der Waals surface area contributed by atoms with E-state index in [1.165, 1.54) is 0 Å². The lowest BCUT2D eigenvalue weighted by Gasteiger charge is -2.07. The summed E-state index contributed by atoms with van der Waals surface area (Å²) in [6.07, 6.45) is 0. The summed E-state index contributed by atoms with van der Waals surface area (Å²) in [6.45, 7) is 4.12. The van der Waals surface area contributed by atoms with Crippen LogP contribution in [0, 0.1) is 6.92 Å². The average molecular weight is 208 g/mol. The van der Waals surface area contributed by atoms with Crippen LogP contribution in [-0.4, -0.2) is 19.4 Å². The van der Waals surface area contributed by atoms with Gasteiger partial charge in [0.25, 0.3) is 0 Å². The van der Waals surface area contributed by atoms with Crippen molar-refractivity contribution < 1.29 is 19.0 Å². The van der Waals surface area contributed by atoms with Gasteiger partial charge in [0.05, 0.1) is 6.61 Å². The van der Waals surface area contributed by atoms with E-state index in [9.17, 15) is 4.79 Å². The Balaban J connectivity index is 2.45. The van der Waals surface area contributed by atoms with Gasteiger partial charge >= 0.3 is 5.97 Å². The van der Waals surface area contributed by atoms with Crippen molar-refractivity contribution in [2.75, 3.05) is 13.4 Å². The highest BCUT2D eigenvalue weighted by Crippen LogP contribution is 2.37. The number of fused-ring (bicyclic) bond motifs is 1. The minimum absolute atomic E-state index is 0.158. The van der Waals surface area contributed by atoms with Gasteiger partial charge in [-0.15, -0.1) is 0 Å². The quantitative estimate of drug-likeness (QED) is 0.696. The minimum atomic E-state index is -0.364. The van der Waals surface area contributed by atoms with Crippen LogP contribution in [0.4, 0.5) is 0 Å². The molecule has 2 rings (SSSR count). The van der Waals surface area contributed by atoms with Crippen molar-refractivity contribution in [3.8, 4) is 11.5 Å². The molecule has 0 amide bonds. The summed E-state index contributed by atoms with van der Waals surface area (Å²) in [6, 6.07) is 3.61. The van der Waals surface area contributed by atoms with E-state index in [1.807, 2.05) is 13.0 Å². The molecule has 0 bridgehead atoms. The number of rotatable bonds is 2. The fourth-order valence-corrected chi connectivity index (χ4v) is 1.53. The third-order valence-electron chi connectivity index (χ3n) is 2.23. The molecule has 15 heavy (non-hydrogen) atoms. The summed E-state index contributed by atoms with van der Waals surface area (Å²) in [5.41, 5.74) is 1.30. The maximum Gasteiger partial charge on any atom is 0.342 e. The van der Waals surface area contributed by atoms with Crippen molar-refractivity contribution in [2.24, 2.45) is 0 Å². The smallest absolute Gasteiger partial charge is 0.342 e. The summed E-state index contributed by atoms with van der Waals surface area (Å²) >= 11 is 0. The van der Waals surface area contributed by atoms with Crippen molar-refractivity contribution in [1.82, 2.24) is 0 Å². The van der Waals surface area contributed by atoms with Crippen LogP contribution in [-0.2, 0) is 4.74 Å². The molecule has 4 heteroatoms. The van der Waals surface area contributed by atoms with Crippen molar-refractivity contribution >= 4 is 5.97 Å². The molecule has 4 nitrogen and oxygen atoms in total. The molecule has 0 fully saturated rings. The van der Waals surface area contributed by atoms with Crippen molar-refractivity contribution in [3.63, 3.8) is 0 Å². The van der Waals surface area contributed by atoms with Crippen LogP contribution < -0.4 is 9.47 Å². The third kappa shape index (κ3) is 1.63. The van der Waals surface area contributed by atoms with Gasteiger partial charge in [-0.25, -0.2) is 4.79 Å². The summed E-state index contributed by atoms with van der Waals surface area (Å²) in [5, 5.41) is 0. The minimum Gasteiger partial charge on any atom is -0.462 e. The number of carbonyl (C=O) groups excluding carboxylic acids is 1. The number of ether oxygens (including phenoxy) is 3. The molecule has 0 N–H and O–H groups in total. The Kier molecular flexibility index (Phi) is 2.49. The SMILES string of the molecule is CCOC(=O)c1c(C)ccc2c1OCO2. The van der Waals surface area contributed by atoms with Crippen molar-refractivity contribution in [3.05, 3.63) is 23.3 Å². The second-order valence-corrected chi connectivity index (χ2v) is 3.21. The lowest BCUT2D eigenvalue weighted by molar-refractivity contribution is 0.0521. The summed E-state index contributed by atoms with van der Waals surface area (Å²) < 4.78 is 15.4. The molecule has 0 aliphatic carbocycles. The van der Waals surface area contributed by atoms with Crippen LogP contribution >= 0.6 is 0 Å². The number of esters is 1. The molecule has 0 atom stereocenters. The molecule has 1 heterocycles. The standard InChI is InChI=1S/C11H12O4/c1-3-13-11(12)9-7(2)4-5-8-10(9)15-6-14-8/h4-5H,3,6H2,1-2H3. The van der Waals surface area contributed by atoms with E-state index in [1.54, 1.807) is 13.0 Å². The Bertz CT molecular complexity index is 398. The monoisotopic (exact) mass is 208 g/mol. The largest absolute Gasteiger partial charge is 0.462 e. The van der Waals surface area contributed by atoms with E-state index in [2.05, 4.69) is 0 Å². The molecule has 0 unspecified atom stereocenters. The Hall–Kier alpha value is -1.71. The average Bonchev–Trinajstić information content (AvgIpc) is 2.65. The molecule has 0 aromatic heterocycles. The van der Waals surface area contributed by atoms with E-state index in [-0.39, 0.29) is 12.8 Å². The van der Waals surface area contributed by atoms with Gasteiger partial charge in [0.15, 0.2) is 11.5 Å². The zero-order chi connectivity index (χ0) is 10.8. The van der Waals surface area contributed by atoms with Crippen LogP contribution in [0.15, 0.2) is 12.1 Å². The van der Waals surface area contributed by atoms with Crippen LogP contribution in [0.25, 0.3) is 0 Å². The predicted molar refractivity (Wildman–Crippen MR) is 53.3 cm³/mol. The fourth-order valence-electron chi connectivity index (χ4n) is 1.53. The van der Waals surface area contributed by atoms with Gasteiger partial charge in [-0.05, 0) is 25.5 Å². The molecule has 1 aliphatic rings. The summed E-state index contributed by atoms with van der Waals surface area (Å²) in [7, 11) is 0. The lowest BCUT2D eigenvalue weighted by Crippen LogP contribution is -2.08. The highest BCUT2D eigenvalue weighted by Gasteiger charge is 2.24. The highest BCUT2D eigenvalue weighted by atomic mass is 16.7. The van der Waals surface area contributed by atoms with E-state index >= 15 is 0 Å². The van der Waals surface area contributed by atoms with Gasteiger partial charge in [0.1, 0.15) is 5.56 Å². The van der Waals surface area contributed by atoms with Gasteiger partial charge in [-0.2, -0.15) is 0 Å². The predicted octanol–water partition coefficient (Wildman–Crippen LogP) is 1.90. The first-order valence-corrected chi connectivity index (χ1v) is 4.80. The Morgan fingerprint density at radius 3 is 3.00 bits per heavy atom. The highest BCUT2D eigenvalue weighted by molar-refractivity contribution is 5.95. The van der Waals surface area contributed by atoms with Crippen LogP contribution in [0.2, 0.25) is 0 Å². The van der Waals surface area contributed by atoms with Crippen LogP contribution in [0.1, 0.15) is 22.8 Å². The second kappa shape index (κ2) is 3.81. The van der Waals surface area contributed by atoms with E-state index in [4.69, 9.17) is 14.2 Å². The van der Waals surface area contributed by atoms with Gasteiger partial charge < -0.3 is 14.2 Å². The van der Waals surface area contributed by atoms with Gasteiger partial charge in [0, 0.05) is 0 Å². The molecule has 0 saturated carbocycles. The molecular formula is C11H12O4. The molecule has 1 aliphatic heterocycles. The van der Waals surface area contributed by atoms with E-state index in [0.717, 1.165) is 5.56 Å². The first kappa shape index (κ1) is 9.83. The molecule has 1 aromatic rings. The normalized spacial score (nSPS) is 12.7. The topological polar surface area (TPSA) is 44.8 Å². The molecule has 0 radical (unpaired) electrons. The van der Waals surface area contributed by atoms with Gasteiger partial charge in [0.2, 0.25) is 6.79 Å². The van der Waals surface area contributed by atoms with Crippen LogP contribution in [0.3, 0.4) is 0 Å². The summed E-state index contributed by atoms with van der Waals surface area (Å²) in [5.74, 6) is 0.731. The van der Waals surface area contributed by atoms with E-state index < -0.39 is 0 Å². The number of benzene rings is 1. The van der Waals surface area contributed by atoms with Crippen molar-refractivity contribution in [2.45, 2.75) is 13.8 Å². The fraction of sp³-hybridized carbons (Fsp3) is 0.364. The van der Waals surface area contributed by atoms with Gasteiger partial charge in [-0.3, -0.25) is 0 Å². The van der Waals surface area contributed by atoms with Crippen molar-refractivity contribution in [1.29, 1.82) is 0 Å². The molecule has 80 valence electrons. The number of aryl methyl sites for hydroxylation is 1. The van der Waals surface area contributed by atoms with Gasteiger partial charge in [-0.1, -0.05) is 6.07 Å². The zero-order valence-corrected chi connectivity index (χ0v) is 8.70. The zero-order valence-electron chi connectivity index (χ0n) is 8.70. The third-order valence-corrected chi connectivity index (χ3v) is 2.23. The van der Waals surface area contributed by atoms with E-state index in [0.29, 0.717) is 23.7 Å². The molecule has 0 spiro atoms. The Morgan fingerprint density at radius 1 is 1.47 bits per heavy atom. The number of hydrogen-bond acceptors (Lipinski definition) is 4. The molecular weight excluding hydrogens is 196 g/mol. The lowest BCUT2D eigenvalue weighted by atomic mass is 10.1. The second-order valence-electron chi connectivity index (χ2n) is 3.21. The Morgan fingerprint density at radius 2 is 2.27 bits per heavy atom. The first-order valence-electron chi connectivity index (χ1n) is 4.80. The summed E-state index contributed by atoms with van der Waals surface area (Å²) in [4.78, 5) is 11.7. The number of carbonyl (C=O) groups is 1. The molecule has 1 aromatic carbocycles. The van der Waals surface area contributed by atoms with Crippen LogP contribution in [0.5, 0.6) is 11.5 Å². The molecule has 0 saturated heterocycles.